The van der Waals surface area contributed by atoms with E-state index in [-0.39, 0.29) is 11.8 Å². The molecule has 0 aromatic carbocycles. The third-order valence-corrected chi connectivity index (χ3v) is 4.00. The van der Waals surface area contributed by atoms with Crippen molar-refractivity contribution in [3.05, 3.63) is 0 Å². The van der Waals surface area contributed by atoms with E-state index in [0.717, 1.165) is 25.7 Å². The van der Waals surface area contributed by atoms with Crippen LogP contribution in [0, 0.1) is 5.92 Å². The van der Waals surface area contributed by atoms with Crippen LogP contribution < -0.4 is 0 Å². The van der Waals surface area contributed by atoms with E-state index in [1.54, 1.807) is 14.1 Å². The van der Waals surface area contributed by atoms with Crippen LogP contribution in [-0.4, -0.2) is 52.6 Å². The van der Waals surface area contributed by atoms with E-state index >= 15 is 0 Å². The van der Waals surface area contributed by atoms with Gasteiger partial charge in [0.25, 0.3) is 0 Å². The number of rotatable bonds is 3. The number of hydrogen-bond donors (Lipinski definition) is 1. The molecule has 0 saturated heterocycles. The van der Waals surface area contributed by atoms with Gasteiger partial charge in [-0.25, -0.2) is 4.79 Å². The van der Waals surface area contributed by atoms with E-state index in [1.165, 1.54) is 16.2 Å². The monoisotopic (exact) mass is 284 g/mol. The zero-order valence-electron chi connectivity index (χ0n) is 13.3. The van der Waals surface area contributed by atoms with E-state index in [0.29, 0.717) is 0 Å². The lowest BCUT2D eigenvalue weighted by Gasteiger charge is -2.44. The van der Waals surface area contributed by atoms with Gasteiger partial charge in [0, 0.05) is 19.6 Å². The minimum absolute atomic E-state index is 0.103. The SMILES string of the molecule is CN(C)C(=O)[C@H](C1CCCCC1)N(C(=O)O)C(C)(C)C. The number of likely N-dealkylation sites (N-methyl/N-ethyl adjacent to an activating group) is 1. The van der Waals surface area contributed by atoms with Crippen LogP contribution in [0.15, 0.2) is 0 Å². The van der Waals surface area contributed by atoms with E-state index in [1.807, 2.05) is 20.8 Å². The fraction of sp³-hybridized carbons (Fsp3) is 0.867. The Morgan fingerprint density at radius 2 is 1.60 bits per heavy atom. The van der Waals surface area contributed by atoms with Gasteiger partial charge >= 0.3 is 6.09 Å². The lowest BCUT2D eigenvalue weighted by Crippen LogP contribution is -2.59. The molecule has 0 heterocycles. The summed E-state index contributed by atoms with van der Waals surface area (Å²) in [6, 6.07) is -0.567. The highest BCUT2D eigenvalue weighted by atomic mass is 16.4. The van der Waals surface area contributed by atoms with Crippen molar-refractivity contribution in [2.75, 3.05) is 14.1 Å². The topological polar surface area (TPSA) is 60.9 Å². The first-order valence-electron chi connectivity index (χ1n) is 7.39. The summed E-state index contributed by atoms with van der Waals surface area (Å²) in [5.41, 5.74) is -0.584. The number of hydrogen-bond acceptors (Lipinski definition) is 2. The van der Waals surface area contributed by atoms with E-state index in [9.17, 15) is 14.7 Å². The zero-order valence-corrected chi connectivity index (χ0v) is 13.3. The second-order valence-electron chi connectivity index (χ2n) is 6.90. The van der Waals surface area contributed by atoms with Gasteiger partial charge in [0.05, 0.1) is 0 Å². The Kier molecular flexibility index (Phi) is 5.42. The third-order valence-electron chi connectivity index (χ3n) is 4.00. The van der Waals surface area contributed by atoms with Crippen LogP contribution in [0.2, 0.25) is 0 Å². The molecule has 1 rings (SSSR count). The zero-order chi connectivity index (χ0) is 15.5. The van der Waals surface area contributed by atoms with Gasteiger partial charge in [-0.2, -0.15) is 0 Å². The third kappa shape index (κ3) is 3.87. The second-order valence-corrected chi connectivity index (χ2v) is 6.90. The Morgan fingerprint density at radius 3 is 1.95 bits per heavy atom. The molecule has 0 radical (unpaired) electrons. The highest BCUT2D eigenvalue weighted by Crippen LogP contribution is 2.33. The van der Waals surface area contributed by atoms with E-state index < -0.39 is 17.7 Å². The fourth-order valence-electron chi connectivity index (χ4n) is 3.06. The molecule has 0 unspecified atom stereocenters. The van der Waals surface area contributed by atoms with E-state index in [2.05, 4.69) is 0 Å². The Balaban J connectivity index is 3.13. The van der Waals surface area contributed by atoms with Gasteiger partial charge in [-0.15, -0.1) is 0 Å². The van der Waals surface area contributed by atoms with Crippen molar-refractivity contribution in [3.8, 4) is 0 Å². The molecule has 0 spiro atoms. The van der Waals surface area contributed by atoms with Crippen molar-refractivity contribution in [2.24, 2.45) is 5.92 Å². The summed E-state index contributed by atoms with van der Waals surface area (Å²) in [6.45, 7) is 5.54. The first-order valence-corrected chi connectivity index (χ1v) is 7.39. The second kappa shape index (κ2) is 6.46. The van der Waals surface area contributed by atoms with Crippen LogP contribution in [0.5, 0.6) is 0 Å². The quantitative estimate of drug-likeness (QED) is 0.867. The lowest BCUT2D eigenvalue weighted by molar-refractivity contribution is -0.138. The van der Waals surface area contributed by atoms with Crippen molar-refractivity contribution < 1.29 is 14.7 Å². The molecule has 0 aromatic rings. The molecule has 1 fully saturated rings. The van der Waals surface area contributed by atoms with Crippen LogP contribution in [-0.2, 0) is 4.79 Å². The van der Waals surface area contributed by atoms with Crippen LogP contribution in [0.25, 0.3) is 0 Å². The maximum Gasteiger partial charge on any atom is 0.408 e. The van der Waals surface area contributed by atoms with Gasteiger partial charge in [-0.3, -0.25) is 9.69 Å². The van der Waals surface area contributed by atoms with Crippen molar-refractivity contribution in [1.82, 2.24) is 9.80 Å². The normalized spacial score (nSPS) is 18.4. The molecule has 1 N–H and O–H groups in total. The van der Waals surface area contributed by atoms with Crippen molar-refractivity contribution in [1.29, 1.82) is 0 Å². The fourth-order valence-corrected chi connectivity index (χ4v) is 3.06. The Morgan fingerprint density at radius 1 is 1.10 bits per heavy atom. The first kappa shape index (κ1) is 16.8. The molecule has 5 heteroatoms. The molecule has 1 aliphatic rings. The minimum Gasteiger partial charge on any atom is -0.465 e. The Labute approximate surface area is 121 Å². The molecule has 2 amide bonds. The smallest absolute Gasteiger partial charge is 0.408 e. The number of amides is 2. The van der Waals surface area contributed by atoms with Crippen LogP contribution in [0.4, 0.5) is 4.79 Å². The summed E-state index contributed by atoms with van der Waals surface area (Å²) in [5.74, 6) is 0.0307. The summed E-state index contributed by atoms with van der Waals surface area (Å²) in [7, 11) is 3.39. The van der Waals surface area contributed by atoms with Crippen LogP contribution in [0.1, 0.15) is 52.9 Å². The minimum atomic E-state index is -1.01. The average Bonchev–Trinajstić information content (AvgIpc) is 2.33. The summed E-state index contributed by atoms with van der Waals surface area (Å²) in [6.07, 6.45) is 4.21. The Hall–Kier alpha value is -1.26. The maximum atomic E-state index is 12.6. The van der Waals surface area contributed by atoms with Crippen LogP contribution in [0.3, 0.4) is 0 Å². The molecule has 0 aromatic heterocycles. The van der Waals surface area contributed by atoms with Crippen molar-refractivity contribution in [2.45, 2.75) is 64.5 Å². The molecule has 5 nitrogen and oxygen atoms in total. The number of nitrogens with zero attached hydrogens (tertiary/aromatic N) is 2. The molecular formula is C15H28N2O3. The molecular weight excluding hydrogens is 256 g/mol. The molecule has 0 aliphatic heterocycles. The van der Waals surface area contributed by atoms with Gasteiger partial charge in [0.15, 0.2) is 0 Å². The van der Waals surface area contributed by atoms with Gasteiger partial charge in [-0.05, 0) is 39.5 Å². The van der Waals surface area contributed by atoms with Gasteiger partial charge in [-0.1, -0.05) is 19.3 Å². The van der Waals surface area contributed by atoms with Crippen molar-refractivity contribution in [3.63, 3.8) is 0 Å². The average molecular weight is 284 g/mol. The van der Waals surface area contributed by atoms with Gasteiger partial charge in [0.2, 0.25) is 5.91 Å². The number of carboxylic acid groups (broad SMARTS) is 1. The molecule has 1 saturated carbocycles. The number of carbonyl (C=O) groups is 2. The molecule has 1 aliphatic carbocycles. The summed E-state index contributed by atoms with van der Waals surface area (Å²) in [4.78, 5) is 27.1. The molecule has 116 valence electrons. The highest BCUT2D eigenvalue weighted by Gasteiger charge is 2.42. The predicted molar refractivity (Wildman–Crippen MR) is 78.7 cm³/mol. The van der Waals surface area contributed by atoms with E-state index in [4.69, 9.17) is 0 Å². The summed E-state index contributed by atoms with van der Waals surface area (Å²) in [5, 5.41) is 9.60. The lowest BCUT2D eigenvalue weighted by atomic mass is 9.81. The largest absolute Gasteiger partial charge is 0.465 e. The van der Waals surface area contributed by atoms with Gasteiger partial charge in [0.1, 0.15) is 6.04 Å². The maximum absolute atomic E-state index is 12.6. The highest BCUT2D eigenvalue weighted by molar-refractivity contribution is 5.85. The molecule has 20 heavy (non-hydrogen) atoms. The van der Waals surface area contributed by atoms with Crippen LogP contribution >= 0.6 is 0 Å². The first-order chi connectivity index (χ1) is 9.16. The standard InChI is InChI=1S/C15H28N2O3/c1-15(2,3)17(14(19)20)12(13(18)16(4)5)11-9-7-6-8-10-11/h11-12H,6-10H2,1-5H3,(H,19,20)/t12-/m0/s1. The predicted octanol–water partition coefficient (Wildman–Crippen LogP) is 2.80. The number of carbonyl (C=O) groups excluding carboxylic acids is 1. The van der Waals surface area contributed by atoms with Crippen molar-refractivity contribution >= 4 is 12.0 Å². The summed E-state index contributed by atoms with van der Waals surface area (Å²) < 4.78 is 0. The molecule has 1 atom stereocenters. The Bertz CT molecular complexity index is 355. The van der Waals surface area contributed by atoms with Gasteiger partial charge < -0.3 is 10.0 Å². The molecule has 0 bridgehead atoms. The summed E-state index contributed by atoms with van der Waals surface area (Å²) >= 11 is 0.